The quantitative estimate of drug-likeness (QED) is 0.851. The van der Waals surface area contributed by atoms with Crippen LogP contribution in [0.4, 0.5) is 4.79 Å². The molecule has 22 heavy (non-hydrogen) atoms. The van der Waals surface area contributed by atoms with Gasteiger partial charge in [0.25, 0.3) is 10.0 Å². The minimum absolute atomic E-state index is 0.0576. The van der Waals surface area contributed by atoms with Crippen molar-refractivity contribution >= 4 is 26.9 Å². The summed E-state index contributed by atoms with van der Waals surface area (Å²) in [5.74, 6) is 0. The first-order chi connectivity index (χ1) is 10.2. The van der Waals surface area contributed by atoms with Crippen molar-refractivity contribution in [1.29, 1.82) is 0 Å². The summed E-state index contributed by atoms with van der Waals surface area (Å²) in [6.45, 7) is 5.05. The van der Waals surface area contributed by atoms with Crippen LogP contribution in [0.25, 0.3) is 10.8 Å². The van der Waals surface area contributed by atoms with E-state index >= 15 is 0 Å². The lowest BCUT2D eigenvalue weighted by molar-refractivity contribution is 0.0515. The Bertz CT molecular complexity index is 795. The summed E-state index contributed by atoms with van der Waals surface area (Å²) in [6.07, 6.45) is -0.864. The second kappa shape index (κ2) is 5.94. The fraction of sp³-hybridized carbons (Fsp3) is 0.267. The molecule has 0 aliphatic rings. The predicted octanol–water partition coefficient (Wildman–Crippen LogP) is 2.56. The molecule has 0 bridgehead atoms. The van der Waals surface area contributed by atoms with Crippen LogP contribution in [0.3, 0.4) is 0 Å². The van der Waals surface area contributed by atoms with Crippen LogP contribution in [0.5, 0.6) is 0 Å². The standard InChI is InChI=1S/C15H18N2O4S/c1-15(2,3)21-14(18)16-17-22(19,20)13-9-8-11-6-4-5-7-12(11)10-13/h4-10,17H,1-3H3,(H,16,18). The summed E-state index contributed by atoms with van der Waals surface area (Å²) in [5, 5.41) is 1.73. The average Bonchev–Trinajstić information content (AvgIpc) is 2.43. The highest BCUT2D eigenvalue weighted by atomic mass is 32.2. The van der Waals surface area contributed by atoms with E-state index in [1.54, 1.807) is 26.8 Å². The summed E-state index contributed by atoms with van der Waals surface area (Å²) in [5.41, 5.74) is 1.32. The molecule has 0 saturated heterocycles. The van der Waals surface area contributed by atoms with Gasteiger partial charge in [0.05, 0.1) is 4.90 Å². The normalized spacial score (nSPS) is 12.1. The molecule has 2 aromatic carbocycles. The van der Waals surface area contributed by atoms with Gasteiger partial charge in [0.2, 0.25) is 0 Å². The van der Waals surface area contributed by atoms with E-state index in [-0.39, 0.29) is 4.90 Å². The van der Waals surface area contributed by atoms with Gasteiger partial charge >= 0.3 is 6.09 Å². The molecule has 1 amide bonds. The molecule has 0 saturated carbocycles. The van der Waals surface area contributed by atoms with Crippen LogP contribution in [0.2, 0.25) is 0 Å². The highest BCUT2D eigenvalue weighted by Crippen LogP contribution is 2.18. The van der Waals surface area contributed by atoms with Gasteiger partial charge in [0.1, 0.15) is 5.60 Å². The molecule has 0 aromatic heterocycles. The van der Waals surface area contributed by atoms with Crippen LogP contribution in [-0.4, -0.2) is 20.1 Å². The highest BCUT2D eigenvalue weighted by Gasteiger charge is 2.19. The van der Waals surface area contributed by atoms with Crippen LogP contribution >= 0.6 is 0 Å². The molecule has 2 rings (SSSR count). The topological polar surface area (TPSA) is 84.5 Å². The van der Waals surface area contributed by atoms with Gasteiger partial charge in [-0.3, -0.25) is 0 Å². The number of ether oxygens (including phenoxy) is 1. The number of amides is 1. The van der Waals surface area contributed by atoms with E-state index in [2.05, 4.69) is 0 Å². The average molecular weight is 322 g/mol. The molecule has 6 nitrogen and oxygen atoms in total. The molecular weight excluding hydrogens is 304 g/mol. The molecule has 2 N–H and O–H groups in total. The zero-order valence-corrected chi connectivity index (χ0v) is 13.4. The third-order valence-electron chi connectivity index (χ3n) is 2.72. The number of hydrogen-bond acceptors (Lipinski definition) is 4. The number of carbonyl (C=O) groups is 1. The lowest BCUT2D eigenvalue weighted by atomic mass is 10.1. The summed E-state index contributed by atoms with van der Waals surface area (Å²) < 4.78 is 29.3. The number of hydrazine groups is 1. The van der Waals surface area contributed by atoms with Crippen LogP contribution in [0.15, 0.2) is 47.4 Å². The van der Waals surface area contributed by atoms with Gasteiger partial charge in [-0.05, 0) is 43.7 Å². The van der Waals surface area contributed by atoms with E-state index < -0.39 is 21.7 Å². The molecule has 0 aliphatic heterocycles. The fourth-order valence-electron chi connectivity index (χ4n) is 1.81. The van der Waals surface area contributed by atoms with Crippen molar-refractivity contribution in [3.8, 4) is 0 Å². The molecule has 118 valence electrons. The van der Waals surface area contributed by atoms with Gasteiger partial charge in [-0.25, -0.2) is 18.6 Å². The van der Waals surface area contributed by atoms with Crippen molar-refractivity contribution in [2.75, 3.05) is 0 Å². The first-order valence-electron chi connectivity index (χ1n) is 6.67. The summed E-state index contributed by atoms with van der Waals surface area (Å²) in [7, 11) is -3.86. The van der Waals surface area contributed by atoms with Gasteiger partial charge in [-0.1, -0.05) is 30.3 Å². The Morgan fingerprint density at radius 2 is 1.68 bits per heavy atom. The lowest BCUT2D eigenvalue weighted by Crippen LogP contribution is -2.44. The number of carbonyl (C=O) groups excluding carboxylic acids is 1. The Hall–Kier alpha value is -2.12. The van der Waals surface area contributed by atoms with Gasteiger partial charge in [-0.2, -0.15) is 0 Å². The second-order valence-electron chi connectivity index (χ2n) is 5.74. The SMILES string of the molecule is CC(C)(C)OC(=O)NNS(=O)(=O)c1ccc2ccccc2c1. The van der Waals surface area contributed by atoms with Crippen molar-refractivity contribution in [2.24, 2.45) is 0 Å². The van der Waals surface area contributed by atoms with Gasteiger partial charge in [0.15, 0.2) is 0 Å². The van der Waals surface area contributed by atoms with E-state index in [0.717, 1.165) is 10.8 Å². The van der Waals surface area contributed by atoms with E-state index in [9.17, 15) is 13.2 Å². The Balaban J connectivity index is 2.13. The smallest absolute Gasteiger partial charge is 0.423 e. The zero-order valence-electron chi connectivity index (χ0n) is 12.6. The Kier molecular flexibility index (Phi) is 4.39. The van der Waals surface area contributed by atoms with Crippen LogP contribution in [-0.2, 0) is 14.8 Å². The molecule has 7 heteroatoms. The maximum atomic E-state index is 12.2. The van der Waals surface area contributed by atoms with E-state index in [0.29, 0.717) is 0 Å². The van der Waals surface area contributed by atoms with E-state index in [1.165, 1.54) is 12.1 Å². The van der Waals surface area contributed by atoms with Crippen LogP contribution in [0.1, 0.15) is 20.8 Å². The number of hydrogen-bond donors (Lipinski definition) is 2. The van der Waals surface area contributed by atoms with Crippen molar-refractivity contribution < 1.29 is 17.9 Å². The third kappa shape index (κ3) is 4.19. The number of benzene rings is 2. The van der Waals surface area contributed by atoms with Crippen LogP contribution < -0.4 is 10.3 Å². The van der Waals surface area contributed by atoms with E-state index in [1.807, 2.05) is 34.5 Å². The largest absolute Gasteiger partial charge is 0.443 e. The summed E-state index contributed by atoms with van der Waals surface area (Å²) in [4.78, 5) is 13.6. The van der Waals surface area contributed by atoms with Crippen molar-refractivity contribution in [1.82, 2.24) is 10.3 Å². The fourth-order valence-corrected chi connectivity index (χ4v) is 2.67. The number of sulfonamides is 1. The van der Waals surface area contributed by atoms with Crippen molar-refractivity contribution in [2.45, 2.75) is 31.3 Å². The van der Waals surface area contributed by atoms with Gasteiger partial charge in [-0.15, -0.1) is 4.83 Å². The van der Waals surface area contributed by atoms with Gasteiger partial charge < -0.3 is 4.74 Å². The van der Waals surface area contributed by atoms with Crippen molar-refractivity contribution in [3.05, 3.63) is 42.5 Å². The summed E-state index contributed by atoms with van der Waals surface area (Å²) in [6, 6.07) is 12.1. The molecule has 0 atom stereocenters. The molecule has 0 aliphatic carbocycles. The molecule has 0 spiro atoms. The first-order valence-corrected chi connectivity index (χ1v) is 8.15. The van der Waals surface area contributed by atoms with Crippen molar-refractivity contribution in [3.63, 3.8) is 0 Å². The number of fused-ring (bicyclic) bond motifs is 1. The second-order valence-corrected chi connectivity index (χ2v) is 7.42. The number of nitrogens with one attached hydrogen (secondary N) is 2. The number of rotatable bonds is 3. The molecule has 0 unspecified atom stereocenters. The highest BCUT2D eigenvalue weighted by molar-refractivity contribution is 7.89. The Morgan fingerprint density at radius 1 is 1.05 bits per heavy atom. The minimum Gasteiger partial charge on any atom is -0.443 e. The van der Waals surface area contributed by atoms with Crippen LogP contribution in [0, 0.1) is 0 Å². The monoisotopic (exact) mass is 322 g/mol. The lowest BCUT2D eigenvalue weighted by Gasteiger charge is -2.19. The maximum Gasteiger partial charge on any atom is 0.423 e. The molecular formula is C15H18N2O4S. The molecule has 2 aromatic rings. The molecule has 0 heterocycles. The maximum absolute atomic E-state index is 12.2. The Labute approximate surface area is 129 Å². The zero-order chi connectivity index (χ0) is 16.4. The molecule has 0 radical (unpaired) electrons. The molecule has 0 fully saturated rings. The summed E-state index contributed by atoms with van der Waals surface area (Å²) >= 11 is 0. The third-order valence-corrected chi connectivity index (χ3v) is 3.96. The van der Waals surface area contributed by atoms with E-state index in [4.69, 9.17) is 4.74 Å². The first kappa shape index (κ1) is 16.3. The van der Waals surface area contributed by atoms with Gasteiger partial charge in [0, 0.05) is 0 Å². The predicted molar refractivity (Wildman–Crippen MR) is 83.6 cm³/mol. The Morgan fingerprint density at radius 3 is 2.32 bits per heavy atom. The minimum atomic E-state index is -3.86.